The zero-order chi connectivity index (χ0) is 34.1. The summed E-state index contributed by atoms with van der Waals surface area (Å²) in [7, 11) is 0. The van der Waals surface area contributed by atoms with Gasteiger partial charge in [-0.05, 0) is 54.5 Å². The average Bonchev–Trinajstić information content (AvgIpc) is 3.73. The maximum atomic E-state index is 13.6. The van der Waals surface area contributed by atoms with Crippen LogP contribution in [0.3, 0.4) is 0 Å². The summed E-state index contributed by atoms with van der Waals surface area (Å²) in [4.78, 5) is 61.9. The highest BCUT2D eigenvalue weighted by molar-refractivity contribution is 5.99. The average molecular weight is 645 g/mol. The number of aryl methyl sites for hydroxylation is 3. The minimum Gasteiger partial charge on any atom is -0.481 e. The summed E-state index contributed by atoms with van der Waals surface area (Å²) < 4.78 is 10.0. The Balaban J connectivity index is 1.54. The number of ether oxygens (including phenoxy) is 1. The van der Waals surface area contributed by atoms with Crippen molar-refractivity contribution in [3.63, 3.8) is 0 Å². The second-order valence-electron chi connectivity index (χ2n) is 11.9. The van der Waals surface area contributed by atoms with Gasteiger partial charge in [0.25, 0.3) is 5.69 Å². The van der Waals surface area contributed by atoms with Crippen LogP contribution < -0.4 is 0 Å². The summed E-state index contributed by atoms with van der Waals surface area (Å²) >= 11 is 0. The number of nitrogens with zero attached hydrogens (tertiary/aromatic N) is 4. The maximum Gasteiger partial charge on any atom is 0.354 e. The second kappa shape index (κ2) is 15.8. The molecule has 1 N–H and O–H groups in total. The molecule has 12 heteroatoms. The van der Waals surface area contributed by atoms with E-state index in [1.165, 1.54) is 22.9 Å². The Hall–Kier alpha value is -5.26. The normalized spacial score (nSPS) is 11.1. The van der Waals surface area contributed by atoms with Crippen molar-refractivity contribution >= 4 is 29.2 Å². The summed E-state index contributed by atoms with van der Waals surface area (Å²) in [6, 6.07) is 14.4. The van der Waals surface area contributed by atoms with Gasteiger partial charge in [-0.25, -0.2) is 4.79 Å². The van der Waals surface area contributed by atoms with Crippen LogP contribution in [0.4, 0.5) is 5.69 Å². The molecule has 12 nitrogen and oxygen atoms in total. The first kappa shape index (κ1) is 34.6. The van der Waals surface area contributed by atoms with Gasteiger partial charge in [-0.15, -0.1) is 0 Å². The van der Waals surface area contributed by atoms with Crippen LogP contribution in [0.1, 0.15) is 81.8 Å². The molecule has 0 aliphatic heterocycles. The Kier molecular flexibility index (Phi) is 11.7. The van der Waals surface area contributed by atoms with Gasteiger partial charge in [-0.3, -0.25) is 24.5 Å². The highest BCUT2D eigenvalue weighted by Gasteiger charge is 2.23. The summed E-state index contributed by atoms with van der Waals surface area (Å²) in [5, 5.41) is 20.7. The molecule has 3 heterocycles. The minimum absolute atomic E-state index is 0.0415. The lowest BCUT2D eigenvalue weighted by Crippen LogP contribution is -2.13. The zero-order valence-electron chi connectivity index (χ0n) is 26.9. The number of aliphatic carboxylic acids is 1. The predicted molar refractivity (Wildman–Crippen MR) is 174 cm³/mol. The zero-order valence-corrected chi connectivity index (χ0v) is 26.9. The number of ketones is 2. The molecule has 0 bridgehead atoms. The van der Waals surface area contributed by atoms with Crippen molar-refractivity contribution < 1.29 is 33.9 Å². The van der Waals surface area contributed by atoms with E-state index in [1.807, 2.05) is 48.7 Å². The van der Waals surface area contributed by atoms with Crippen LogP contribution in [0.2, 0.25) is 0 Å². The SMILES string of the molecule is CCOC(=O)c1cc(CC(=O)c2cc(CC(=O)c3cc([N+](=O)[O-])cn3CCCc3ccccc3)cn2CC(C)C)cn1CCC(=O)O. The number of nitro groups is 1. The molecule has 0 atom stereocenters. The molecule has 0 aliphatic carbocycles. The fraction of sp³-hybridized carbons (Fsp3) is 0.371. The lowest BCUT2D eigenvalue weighted by atomic mass is 10.1. The van der Waals surface area contributed by atoms with Gasteiger partial charge in [-0.1, -0.05) is 44.2 Å². The smallest absolute Gasteiger partial charge is 0.354 e. The van der Waals surface area contributed by atoms with E-state index >= 15 is 0 Å². The van der Waals surface area contributed by atoms with Crippen LogP contribution >= 0.6 is 0 Å². The van der Waals surface area contributed by atoms with Gasteiger partial charge < -0.3 is 23.5 Å². The van der Waals surface area contributed by atoms with Crippen molar-refractivity contribution in [3.05, 3.63) is 111 Å². The molecule has 47 heavy (non-hydrogen) atoms. The molecule has 0 spiro atoms. The molecule has 4 rings (SSSR count). The number of carbonyl (C=O) groups is 4. The highest BCUT2D eigenvalue weighted by atomic mass is 16.6. The van der Waals surface area contributed by atoms with Crippen molar-refractivity contribution in [1.29, 1.82) is 0 Å². The molecule has 0 saturated carbocycles. The van der Waals surface area contributed by atoms with Crippen molar-refractivity contribution in [2.75, 3.05) is 6.61 Å². The largest absolute Gasteiger partial charge is 0.481 e. The molecule has 248 valence electrons. The topological polar surface area (TPSA) is 156 Å². The first-order valence-corrected chi connectivity index (χ1v) is 15.7. The van der Waals surface area contributed by atoms with Gasteiger partial charge in [-0.2, -0.15) is 0 Å². The number of rotatable bonds is 18. The lowest BCUT2D eigenvalue weighted by molar-refractivity contribution is -0.384. The number of hydrogen-bond donors (Lipinski definition) is 1. The van der Waals surface area contributed by atoms with E-state index in [0.29, 0.717) is 36.3 Å². The van der Waals surface area contributed by atoms with Crippen LogP contribution in [0.25, 0.3) is 0 Å². The first-order chi connectivity index (χ1) is 22.4. The van der Waals surface area contributed by atoms with Gasteiger partial charge in [0.05, 0.1) is 35.5 Å². The molecule has 0 amide bonds. The minimum atomic E-state index is -1.02. The van der Waals surface area contributed by atoms with E-state index in [1.54, 1.807) is 30.0 Å². The molecular formula is C35H40N4O8. The Morgan fingerprint density at radius 3 is 2.02 bits per heavy atom. The molecule has 0 unspecified atom stereocenters. The van der Waals surface area contributed by atoms with Gasteiger partial charge in [0.15, 0.2) is 11.6 Å². The van der Waals surface area contributed by atoms with Gasteiger partial charge in [0, 0.05) is 50.9 Å². The summed E-state index contributed by atoms with van der Waals surface area (Å²) in [5.41, 5.74) is 2.91. The third-order valence-corrected chi connectivity index (χ3v) is 7.62. The number of carbonyl (C=O) groups excluding carboxylic acids is 3. The molecule has 3 aromatic heterocycles. The number of carboxylic acid groups (broad SMARTS) is 1. The van der Waals surface area contributed by atoms with Crippen LogP contribution in [-0.2, 0) is 48.4 Å². The van der Waals surface area contributed by atoms with E-state index in [4.69, 9.17) is 9.84 Å². The Labute approximate surface area is 272 Å². The number of aromatic nitrogens is 3. The fourth-order valence-electron chi connectivity index (χ4n) is 5.56. The molecule has 0 aliphatic rings. The summed E-state index contributed by atoms with van der Waals surface area (Å²) in [6.07, 6.45) is 5.88. The maximum absolute atomic E-state index is 13.6. The van der Waals surface area contributed by atoms with E-state index in [-0.39, 0.29) is 67.0 Å². The monoisotopic (exact) mass is 644 g/mol. The molecular weight excluding hydrogens is 604 g/mol. The van der Waals surface area contributed by atoms with E-state index < -0.39 is 16.9 Å². The van der Waals surface area contributed by atoms with Crippen LogP contribution in [0.5, 0.6) is 0 Å². The molecule has 4 aromatic rings. The molecule has 0 saturated heterocycles. The number of esters is 1. The van der Waals surface area contributed by atoms with Gasteiger partial charge in [0.2, 0.25) is 0 Å². The van der Waals surface area contributed by atoms with Gasteiger partial charge >= 0.3 is 11.9 Å². The van der Waals surface area contributed by atoms with E-state index in [2.05, 4.69) is 0 Å². The van der Waals surface area contributed by atoms with Gasteiger partial charge in [0.1, 0.15) is 5.69 Å². The highest BCUT2D eigenvalue weighted by Crippen LogP contribution is 2.22. The summed E-state index contributed by atoms with van der Waals surface area (Å²) in [6.45, 7) is 6.82. The summed E-state index contributed by atoms with van der Waals surface area (Å²) in [5.74, 6) is -1.97. The van der Waals surface area contributed by atoms with Crippen LogP contribution in [-0.4, -0.2) is 53.8 Å². The Morgan fingerprint density at radius 2 is 1.43 bits per heavy atom. The Bertz CT molecular complexity index is 1750. The number of benzene rings is 1. The molecule has 0 radical (unpaired) electrons. The third-order valence-electron chi connectivity index (χ3n) is 7.62. The molecule has 1 aromatic carbocycles. The number of carboxylic acids is 1. The van der Waals surface area contributed by atoms with Crippen LogP contribution in [0.15, 0.2) is 67.1 Å². The van der Waals surface area contributed by atoms with Crippen molar-refractivity contribution in [2.45, 2.75) is 72.5 Å². The standard InChI is InChI=1S/C35H40N4O8/c1-4-47-35(44)31-16-27(21-37(31)14-12-34(42)43)18-32(40)29-15-26(22-38(29)20-24(2)3)17-33(41)30-19-28(39(45)46)23-36(30)13-8-11-25-9-6-5-7-10-25/h5-7,9-10,15-16,19,21-24H,4,8,11-14,17-18,20H2,1-3H3,(H,42,43). The van der Waals surface area contributed by atoms with Crippen molar-refractivity contribution in [3.8, 4) is 0 Å². The molecule has 0 fully saturated rings. The van der Waals surface area contributed by atoms with E-state index in [9.17, 15) is 29.3 Å². The number of Topliss-reactive ketones (excluding diaryl/α,β-unsaturated/α-hetero) is 2. The van der Waals surface area contributed by atoms with E-state index in [0.717, 1.165) is 12.0 Å². The predicted octanol–water partition coefficient (Wildman–Crippen LogP) is 5.79. The van der Waals surface area contributed by atoms with Crippen LogP contribution in [0, 0.1) is 16.0 Å². The number of hydrogen-bond acceptors (Lipinski definition) is 7. The first-order valence-electron chi connectivity index (χ1n) is 15.7. The second-order valence-corrected chi connectivity index (χ2v) is 11.9. The lowest BCUT2D eigenvalue weighted by Gasteiger charge is -2.10. The quantitative estimate of drug-likeness (QED) is 0.0618. The third kappa shape index (κ3) is 9.38. The van der Waals surface area contributed by atoms with Crippen molar-refractivity contribution in [1.82, 2.24) is 13.7 Å². The Morgan fingerprint density at radius 1 is 0.830 bits per heavy atom. The van der Waals surface area contributed by atoms with Crippen molar-refractivity contribution in [2.24, 2.45) is 5.92 Å². The fourth-order valence-corrected chi connectivity index (χ4v) is 5.56.